The highest BCUT2D eigenvalue weighted by Gasteiger charge is 2.35. The fraction of sp³-hybridized carbons (Fsp3) is 0.0952. The molecule has 8 nitrogen and oxygen atoms in total. The van der Waals surface area contributed by atoms with Crippen molar-refractivity contribution in [2.45, 2.75) is 6.18 Å². The molecule has 0 radical (unpaired) electrons. The van der Waals surface area contributed by atoms with E-state index >= 15 is 0 Å². The largest absolute Gasteiger partial charge is 0.431 e. The molecule has 0 aliphatic heterocycles. The van der Waals surface area contributed by atoms with Gasteiger partial charge >= 0.3 is 11.9 Å². The molecule has 2 aromatic heterocycles. The number of hydrogen-bond donors (Lipinski definition) is 1. The van der Waals surface area contributed by atoms with Crippen molar-refractivity contribution in [3.8, 4) is 16.3 Å². The molecule has 0 spiro atoms. The standard InChI is InChI=1S/C21H14F3N5O3S/c1-28-15(21(22,23)24)11-16(30)29(20(28)32)14-9-5-8-13(10-14)17(31)25-19-27-26-18(33-19)12-6-3-2-4-7-12/h2-11H,1H3,(H,25,27,31). The molecule has 4 rings (SSSR count). The Morgan fingerprint density at radius 1 is 1.00 bits per heavy atom. The van der Waals surface area contributed by atoms with Crippen LogP contribution in [-0.4, -0.2) is 25.2 Å². The van der Waals surface area contributed by atoms with E-state index in [1.807, 2.05) is 30.3 Å². The lowest BCUT2D eigenvalue weighted by atomic mass is 10.2. The van der Waals surface area contributed by atoms with Crippen LogP contribution in [0.15, 0.2) is 70.3 Å². The van der Waals surface area contributed by atoms with Crippen molar-refractivity contribution in [2.24, 2.45) is 7.05 Å². The Kier molecular flexibility index (Phi) is 5.68. The maximum absolute atomic E-state index is 13.1. The Bertz CT molecular complexity index is 1460. The summed E-state index contributed by atoms with van der Waals surface area (Å²) in [6.07, 6.45) is -4.87. The Morgan fingerprint density at radius 3 is 2.42 bits per heavy atom. The van der Waals surface area contributed by atoms with Crippen LogP contribution in [0.3, 0.4) is 0 Å². The van der Waals surface area contributed by atoms with Crippen LogP contribution in [0.25, 0.3) is 16.3 Å². The predicted octanol–water partition coefficient (Wildman–Crippen LogP) is 3.33. The molecule has 33 heavy (non-hydrogen) atoms. The molecule has 4 aromatic rings. The first kappa shape index (κ1) is 22.1. The molecule has 2 aromatic carbocycles. The van der Waals surface area contributed by atoms with Gasteiger partial charge in [0.1, 0.15) is 10.7 Å². The lowest BCUT2D eigenvalue weighted by molar-refractivity contribution is -0.144. The van der Waals surface area contributed by atoms with E-state index in [1.165, 1.54) is 24.3 Å². The van der Waals surface area contributed by atoms with Crippen molar-refractivity contribution in [2.75, 3.05) is 5.32 Å². The SMILES string of the molecule is Cn1c(C(F)(F)F)cc(=O)n(-c2cccc(C(=O)Nc3nnc(-c4ccccc4)s3)c2)c1=O. The number of halogens is 3. The maximum Gasteiger partial charge on any atom is 0.431 e. The van der Waals surface area contributed by atoms with E-state index in [4.69, 9.17) is 0 Å². The van der Waals surface area contributed by atoms with Gasteiger partial charge in [-0.1, -0.05) is 47.7 Å². The minimum Gasteiger partial charge on any atom is -0.296 e. The highest BCUT2D eigenvalue weighted by molar-refractivity contribution is 7.18. The second kappa shape index (κ2) is 8.47. The van der Waals surface area contributed by atoms with Gasteiger partial charge in [0.25, 0.3) is 11.5 Å². The zero-order valence-corrected chi connectivity index (χ0v) is 17.6. The Hall–Kier alpha value is -4.06. The molecule has 168 valence electrons. The van der Waals surface area contributed by atoms with Crippen LogP contribution in [0.2, 0.25) is 0 Å². The fourth-order valence-electron chi connectivity index (χ4n) is 3.06. The maximum atomic E-state index is 13.1. The number of hydrogen-bond acceptors (Lipinski definition) is 6. The lowest BCUT2D eigenvalue weighted by Gasteiger charge is -2.14. The van der Waals surface area contributed by atoms with Gasteiger partial charge in [0.05, 0.1) is 5.69 Å². The van der Waals surface area contributed by atoms with Crippen molar-refractivity contribution in [3.63, 3.8) is 0 Å². The van der Waals surface area contributed by atoms with Gasteiger partial charge in [0.15, 0.2) is 0 Å². The number of aromatic nitrogens is 4. The van der Waals surface area contributed by atoms with Gasteiger partial charge in [-0.2, -0.15) is 13.2 Å². The van der Waals surface area contributed by atoms with Crippen molar-refractivity contribution in [1.82, 2.24) is 19.3 Å². The minimum absolute atomic E-state index is 0.0517. The van der Waals surface area contributed by atoms with Gasteiger partial charge in [-0.3, -0.25) is 19.5 Å². The first-order valence-electron chi connectivity index (χ1n) is 9.36. The van der Waals surface area contributed by atoms with Gasteiger partial charge in [-0.15, -0.1) is 10.2 Å². The predicted molar refractivity (Wildman–Crippen MR) is 116 cm³/mol. The highest BCUT2D eigenvalue weighted by Crippen LogP contribution is 2.27. The molecular weight excluding hydrogens is 459 g/mol. The summed E-state index contributed by atoms with van der Waals surface area (Å²) in [5.74, 6) is -0.593. The molecule has 12 heteroatoms. The Labute approximate surface area is 187 Å². The summed E-state index contributed by atoms with van der Waals surface area (Å²) in [5, 5.41) is 11.4. The molecule has 1 N–H and O–H groups in total. The molecule has 0 atom stereocenters. The average Bonchev–Trinajstić information content (AvgIpc) is 3.25. The summed E-state index contributed by atoms with van der Waals surface area (Å²) in [6, 6.07) is 15.0. The van der Waals surface area contributed by atoms with E-state index in [-0.39, 0.29) is 16.4 Å². The lowest BCUT2D eigenvalue weighted by Crippen LogP contribution is -2.40. The van der Waals surface area contributed by atoms with Gasteiger partial charge in [0.2, 0.25) is 5.13 Å². The number of nitrogens with zero attached hydrogens (tertiary/aromatic N) is 4. The third kappa shape index (κ3) is 4.46. The van der Waals surface area contributed by atoms with E-state index in [1.54, 1.807) is 0 Å². The quantitative estimate of drug-likeness (QED) is 0.490. The number of alkyl halides is 3. The van der Waals surface area contributed by atoms with Crippen LogP contribution in [-0.2, 0) is 13.2 Å². The number of anilines is 1. The number of rotatable bonds is 4. The number of amides is 1. The van der Waals surface area contributed by atoms with E-state index in [0.29, 0.717) is 20.2 Å². The summed E-state index contributed by atoms with van der Waals surface area (Å²) >= 11 is 1.15. The van der Waals surface area contributed by atoms with Gasteiger partial charge in [-0.25, -0.2) is 9.36 Å². The van der Waals surface area contributed by atoms with Crippen LogP contribution in [0.5, 0.6) is 0 Å². The molecule has 0 bridgehead atoms. The number of carbonyl (C=O) groups is 1. The zero-order valence-electron chi connectivity index (χ0n) is 16.8. The third-order valence-corrected chi connectivity index (χ3v) is 5.53. The van der Waals surface area contributed by atoms with Gasteiger partial charge in [-0.05, 0) is 18.2 Å². The van der Waals surface area contributed by atoms with Crippen molar-refractivity contribution in [1.29, 1.82) is 0 Å². The summed E-state index contributed by atoms with van der Waals surface area (Å²) in [5.41, 5.74) is -2.88. The second-order valence-electron chi connectivity index (χ2n) is 6.83. The smallest absolute Gasteiger partial charge is 0.296 e. The van der Waals surface area contributed by atoms with E-state index < -0.39 is 29.0 Å². The van der Waals surface area contributed by atoms with Gasteiger partial charge < -0.3 is 0 Å². The summed E-state index contributed by atoms with van der Waals surface area (Å²) in [6.45, 7) is 0. The minimum atomic E-state index is -4.87. The van der Waals surface area contributed by atoms with Gasteiger partial charge in [0, 0.05) is 24.2 Å². The topological polar surface area (TPSA) is 98.9 Å². The van der Waals surface area contributed by atoms with Crippen LogP contribution >= 0.6 is 11.3 Å². The molecule has 0 saturated carbocycles. The first-order chi connectivity index (χ1) is 15.6. The molecule has 1 amide bonds. The molecule has 0 fully saturated rings. The van der Waals surface area contributed by atoms with Crippen LogP contribution in [0.4, 0.5) is 18.3 Å². The molecular formula is C21H14F3N5O3S. The first-order valence-corrected chi connectivity index (χ1v) is 10.2. The van der Waals surface area contributed by atoms with E-state index in [9.17, 15) is 27.6 Å². The van der Waals surface area contributed by atoms with Crippen molar-refractivity contribution in [3.05, 3.63) is 92.8 Å². The number of nitrogens with one attached hydrogen (secondary N) is 1. The van der Waals surface area contributed by atoms with Crippen LogP contribution in [0.1, 0.15) is 16.1 Å². The Balaban J connectivity index is 1.64. The zero-order chi connectivity index (χ0) is 23.8. The number of carbonyl (C=O) groups excluding carboxylic acids is 1. The molecule has 0 aliphatic rings. The fourth-order valence-corrected chi connectivity index (χ4v) is 3.81. The summed E-state index contributed by atoms with van der Waals surface area (Å²) < 4.78 is 40.1. The number of benzene rings is 2. The van der Waals surface area contributed by atoms with E-state index in [2.05, 4.69) is 15.5 Å². The monoisotopic (exact) mass is 473 g/mol. The van der Waals surface area contributed by atoms with Crippen LogP contribution < -0.4 is 16.6 Å². The third-order valence-electron chi connectivity index (χ3n) is 4.64. The van der Waals surface area contributed by atoms with Crippen LogP contribution in [0, 0.1) is 0 Å². The molecule has 0 aliphatic carbocycles. The average molecular weight is 473 g/mol. The molecule has 0 unspecified atom stereocenters. The Morgan fingerprint density at radius 2 is 1.73 bits per heavy atom. The summed E-state index contributed by atoms with van der Waals surface area (Å²) in [7, 11) is 0.914. The molecule has 0 saturated heterocycles. The normalized spacial score (nSPS) is 11.4. The second-order valence-corrected chi connectivity index (χ2v) is 7.80. The van der Waals surface area contributed by atoms with Crippen molar-refractivity contribution >= 4 is 22.4 Å². The summed E-state index contributed by atoms with van der Waals surface area (Å²) in [4.78, 5) is 37.5. The highest BCUT2D eigenvalue weighted by atomic mass is 32.1. The van der Waals surface area contributed by atoms with Crippen molar-refractivity contribution < 1.29 is 18.0 Å². The molecule has 2 heterocycles. The van der Waals surface area contributed by atoms with E-state index in [0.717, 1.165) is 23.9 Å².